The van der Waals surface area contributed by atoms with E-state index in [1.165, 1.54) is 4.88 Å². The summed E-state index contributed by atoms with van der Waals surface area (Å²) in [5.74, 6) is 0.618. The van der Waals surface area contributed by atoms with Gasteiger partial charge >= 0.3 is 0 Å². The molecule has 0 saturated carbocycles. The molecule has 0 spiro atoms. The maximum absolute atomic E-state index is 5.64. The Kier molecular flexibility index (Phi) is 2.81. The fourth-order valence-electron chi connectivity index (χ4n) is 1.63. The second-order valence-electron chi connectivity index (χ2n) is 3.67. The van der Waals surface area contributed by atoms with Crippen molar-refractivity contribution >= 4 is 28.4 Å². The van der Waals surface area contributed by atoms with Gasteiger partial charge < -0.3 is 15.5 Å². The van der Waals surface area contributed by atoms with Gasteiger partial charge in [-0.2, -0.15) is 9.97 Å². The van der Waals surface area contributed by atoms with Gasteiger partial charge in [0, 0.05) is 11.3 Å². The molecule has 92 valence electrons. The first-order chi connectivity index (χ1) is 8.83. The highest BCUT2D eigenvalue weighted by atomic mass is 32.1. The molecule has 3 aromatic heterocycles. The third-order valence-corrected chi connectivity index (χ3v) is 3.37. The van der Waals surface area contributed by atoms with E-state index in [4.69, 9.17) is 10.5 Å². The van der Waals surface area contributed by atoms with Gasteiger partial charge in [-0.25, -0.2) is 4.98 Å². The van der Waals surface area contributed by atoms with Crippen LogP contribution in [-0.4, -0.2) is 26.5 Å². The summed E-state index contributed by atoms with van der Waals surface area (Å²) < 4.78 is 5.64. The Bertz CT molecular complexity index is 649. The van der Waals surface area contributed by atoms with Crippen LogP contribution in [0.15, 0.2) is 23.8 Å². The highest BCUT2D eigenvalue weighted by molar-refractivity contribution is 7.09. The summed E-state index contributed by atoms with van der Waals surface area (Å²) in [5.41, 5.74) is 6.79. The lowest BCUT2D eigenvalue weighted by Crippen LogP contribution is -2.05. The third-order valence-electron chi connectivity index (χ3n) is 2.44. The number of nitrogens with one attached hydrogen (secondary N) is 1. The average Bonchev–Trinajstić information content (AvgIpc) is 2.98. The maximum atomic E-state index is 5.64. The molecule has 0 aliphatic heterocycles. The van der Waals surface area contributed by atoms with Crippen LogP contribution in [-0.2, 0) is 6.42 Å². The molecule has 0 fully saturated rings. The monoisotopic (exact) mass is 261 g/mol. The fourth-order valence-corrected chi connectivity index (χ4v) is 2.32. The number of hydrogen-bond acceptors (Lipinski definition) is 6. The third kappa shape index (κ3) is 2.12. The molecule has 0 radical (unpaired) electrons. The van der Waals surface area contributed by atoms with Gasteiger partial charge in [0.05, 0.1) is 12.9 Å². The van der Waals surface area contributed by atoms with Crippen LogP contribution in [0, 0.1) is 0 Å². The number of thiophene rings is 1. The van der Waals surface area contributed by atoms with Crippen LogP contribution >= 0.6 is 11.3 Å². The Morgan fingerprint density at radius 2 is 2.33 bits per heavy atom. The second-order valence-corrected chi connectivity index (χ2v) is 4.70. The number of nitrogens with zero attached hydrogens (tertiary/aromatic N) is 3. The van der Waals surface area contributed by atoms with Crippen LogP contribution in [0.25, 0.3) is 11.2 Å². The van der Waals surface area contributed by atoms with Crippen LogP contribution in [0.2, 0.25) is 0 Å². The molecule has 0 aliphatic carbocycles. The van der Waals surface area contributed by atoms with Gasteiger partial charge in [0.15, 0.2) is 5.65 Å². The molecule has 0 saturated heterocycles. The van der Waals surface area contributed by atoms with Gasteiger partial charge in [0.25, 0.3) is 0 Å². The van der Waals surface area contributed by atoms with Gasteiger partial charge in [-0.15, -0.1) is 11.3 Å². The van der Waals surface area contributed by atoms with Crippen LogP contribution in [0.4, 0.5) is 5.95 Å². The van der Waals surface area contributed by atoms with Crippen molar-refractivity contribution in [1.29, 1.82) is 0 Å². The summed E-state index contributed by atoms with van der Waals surface area (Å²) in [4.78, 5) is 16.3. The average molecular weight is 261 g/mol. The first-order valence-electron chi connectivity index (χ1n) is 5.45. The number of anilines is 1. The Morgan fingerprint density at radius 1 is 1.39 bits per heavy atom. The van der Waals surface area contributed by atoms with E-state index < -0.39 is 0 Å². The summed E-state index contributed by atoms with van der Waals surface area (Å²) in [5, 5.41) is 2.05. The number of ether oxygens (including phenoxy) is 1. The molecule has 0 bridgehead atoms. The Labute approximate surface area is 107 Å². The maximum Gasteiger partial charge on any atom is 0.245 e. The first-order valence-corrected chi connectivity index (χ1v) is 6.32. The largest absolute Gasteiger partial charge is 0.476 e. The molecule has 3 heterocycles. The lowest BCUT2D eigenvalue weighted by atomic mass is 10.4. The van der Waals surface area contributed by atoms with Crippen molar-refractivity contribution in [2.45, 2.75) is 6.42 Å². The molecule has 3 N–H and O–H groups in total. The minimum Gasteiger partial charge on any atom is -0.476 e. The van der Waals surface area contributed by atoms with Crippen LogP contribution < -0.4 is 10.5 Å². The minimum absolute atomic E-state index is 0.167. The highest BCUT2D eigenvalue weighted by Crippen LogP contribution is 2.20. The van der Waals surface area contributed by atoms with Crippen LogP contribution in [0.3, 0.4) is 0 Å². The second kappa shape index (κ2) is 4.61. The van der Waals surface area contributed by atoms with Crippen molar-refractivity contribution in [2.75, 3.05) is 12.3 Å². The number of aromatic amines is 1. The van der Waals surface area contributed by atoms with E-state index in [1.54, 1.807) is 17.7 Å². The number of nitrogen functional groups attached to an aromatic ring is 1. The molecule has 0 aliphatic rings. The standard InChI is InChI=1S/C11H11N5OS/c12-11-15-9-8(13-6-14-9)10(16-11)17-4-3-7-2-1-5-18-7/h1-2,5-6H,3-4H2,(H3,12,13,14,15,16). The lowest BCUT2D eigenvalue weighted by Gasteiger charge is -2.05. The van der Waals surface area contributed by atoms with E-state index in [0.717, 1.165) is 6.42 Å². The van der Waals surface area contributed by atoms with Crippen LogP contribution in [0.1, 0.15) is 4.88 Å². The molecule has 7 heteroatoms. The predicted molar refractivity (Wildman–Crippen MR) is 69.6 cm³/mol. The fraction of sp³-hybridized carbons (Fsp3) is 0.182. The summed E-state index contributed by atoms with van der Waals surface area (Å²) in [6.45, 7) is 0.547. The summed E-state index contributed by atoms with van der Waals surface area (Å²) >= 11 is 1.71. The van der Waals surface area contributed by atoms with Crippen molar-refractivity contribution in [3.63, 3.8) is 0 Å². The van der Waals surface area contributed by atoms with Crippen molar-refractivity contribution < 1.29 is 4.74 Å². The van der Waals surface area contributed by atoms with Gasteiger partial charge in [-0.05, 0) is 11.4 Å². The van der Waals surface area contributed by atoms with Crippen molar-refractivity contribution in [3.8, 4) is 5.88 Å². The number of hydrogen-bond donors (Lipinski definition) is 2. The number of nitrogens with two attached hydrogens (primary N) is 1. The molecular weight excluding hydrogens is 250 g/mol. The molecule has 6 nitrogen and oxygen atoms in total. The number of rotatable bonds is 4. The van der Waals surface area contributed by atoms with E-state index in [1.807, 2.05) is 11.4 Å². The summed E-state index contributed by atoms with van der Waals surface area (Å²) in [6.07, 6.45) is 2.39. The topological polar surface area (TPSA) is 89.7 Å². The molecule has 0 aromatic carbocycles. The van der Waals surface area contributed by atoms with Gasteiger partial charge in [-0.3, -0.25) is 0 Å². The number of H-pyrrole nitrogens is 1. The Hall–Kier alpha value is -2.15. The van der Waals surface area contributed by atoms with Crippen molar-refractivity contribution in [3.05, 3.63) is 28.7 Å². The number of imidazole rings is 1. The molecule has 3 aromatic rings. The molecule has 0 amide bonds. The van der Waals surface area contributed by atoms with Gasteiger partial charge in [0.1, 0.15) is 5.52 Å². The summed E-state index contributed by atoms with van der Waals surface area (Å²) in [7, 11) is 0. The Balaban J connectivity index is 1.75. The van der Waals surface area contributed by atoms with E-state index in [0.29, 0.717) is 23.7 Å². The predicted octanol–water partition coefficient (Wildman–Crippen LogP) is 1.62. The Morgan fingerprint density at radius 3 is 3.17 bits per heavy atom. The van der Waals surface area contributed by atoms with Gasteiger partial charge in [-0.1, -0.05) is 6.07 Å². The molecule has 18 heavy (non-hydrogen) atoms. The quantitative estimate of drug-likeness (QED) is 0.744. The molecule has 0 unspecified atom stereocenters. The normalized spacial score (nSPS) is 10.9. The van der Waals surface area contributed by atoms with E-state index in [9.17, 15) is 0 Å². The van der Waals surface area contributed by atoms with E-state index in [-0.39, 0.29) is 5.95 Å². The van der Waals surface area contributed by atoms with E-state index in [2.05, 4.69) is 26.0 Å². The summed E-state index contributed by atoms with van der Waals surface area (Å²) in [6, 6.07) is 4.10. The van der Waals surface area contributed by atoms with Crippen molar-refractivity contribution in [2.24, 2.45) is 0 Å². The zero-order chi connectivity index (χ0) is 12.4. The first kappa shape index (κ1) is 11.0. The van der Waals surface area contributed by atoms with Crippen molar-refractivity contribution in [1.82, 2.24) is 19.9 Å². The zero-order valence-electron chi connectivity index (χ0n) is 9.46. The SMILES string of the molecule is Nc1nc(OCCc2cccs2)c2[nH]cnc2n1. The molecule has 0 atom stereocenters. The number of aromatic nitrogens is 4. The lowest BCUT2D eigenvalue weighted by molar-refractivity contribution is 0.314. The zero-order valence-corrected chi connectivity index (χ0v) is 10.3. The smallest absolute Gasteiger partial charge is 0.245 e. The minimum atomic E-state index is 0.167. The molecular formula is C11H11N5OS. The van der Waals surface area contributed by atoms with Gasteiger partial charge in [0.2, 0.25) is 11.8 Å². The highest BCUT2D eigenvalue weighted by Gasteiger charge is 2.09. The van der Waals surface area contributed by atoms with E-state index >= 15 is 0 Å². The number of fused-ring (bicyclic) bond motifs is 1. The van der Waals surface area contributed by atoms with Crippen LogP contribution in [0.5, 0.6) is 5.88 Å². The molecule has 3 rings (SSSR count).